The van der Waals surface area contributed by atoms with Gasteiger partial charge in [-0.25, -0.2) is 4.39 Å². The van der Waals surface area contributed by atoms with Crippen LogP contribution >= 0.6 is 0 Å². The van der Waals surface area contributed by atoms with Crippen LogP contribution in [0.5, 0.6) is 0 Å². The van der Waals surface area contributed by atoms with Crippen molar-refractivity contribution in [1.82, 2.24) is 19.9 Å². The van der Waals surface area contributed by atoms with Crippen LogP contribution in [0.1, 0.15) is 32.8 Å². The van der Waals surface area contributed by atoms with Crippen molar-refractivity contribution in [3.63, 3.8) is 0 Å². The quantitative estimate of drug-likeness (QED) is 0.494. The van der Waals surface area contributed by atoms with Crippen molar-refractivity contribution in [2.45, 2.75) is 39.7 Å². The fraction of sp³-hybridized carbons (Fsp3) is 0.261. The van der Waals surface area contributed by atoms with Gasteiger partial charge in [0.15, 0.2) is 0 Å². The van der Waals surface area contributed by atoms with Gasteiger partial charge >= 0.3 is 187 Å². The molecule has 1 aliphatic heterocycles. The minimum absolute atomic E-state index is 0.0653. The van der Waals surface area contributed by atoms with Gasteiger partial charge in [0.25, 0.3) is 0 Å². The summed E-state index contributed by atoms with van der Waals surface area (Å²) in [5.41, 5.74) is 5.10. The summed E-state index contributed by atoms with van der Waals surface area (Å²) in [4.78, 5) is 17.4. The molecule has 0 radical (unpaired) electrons. The molecule has 8 heteroatoms. The zero-order chi connectivity index (χ0) is 21.8. The molecule has 0 amide bonds. The fourth-order valence-electron chi connectivity index (χ4n) is 3.37. The molecule has 3 heterocycles. The second-order valence-electron chi connectivity index (χ2n) is 7.36. The van der Waals surface area contributed by atoms with Gasteiger partial charge in [-0.2, -0.15) is 0 Å². The van der Waals surface area contributed by atoms with Crippen LogP contribution < -0.4 is 26.8 Å². The number of fused-ring (bicyclic) bond motifs is 1. The molecular weight excluding hydrogens is 506 g/mol. The third-order valence-electron chi connectivity index (χ3n) is 4.94. The van der Waals surface area contributed by atoms with Gasteiger partial charge in [-0.3, -0.25) is 0 Å². The molecule has 1 atom stereocenters. The van der Waals surface area contributed by atoms with Gasteiger partial charge in [0.2, 0.25) is 0 Å². The Bertz CT molecular complexity index is 1190. The number of aromatic nitrogens is 4. The maximum absolute atomic E-state index is 13.3. The Morgan fingerprint density at radius 3 is 2.68 bits per heavy atom. The molecule has 0 fully saturated rings. The number of benzene rings is 1. The molecule has 1 aliphatic rings. The first-order valence-electron chi connectivity index (χ1n) is 10.1. The van der Waals surface area contributed by atoms with E-state index in [1.165, 1.54) is 18.0 Å². The molecule has 31 heavy (non-hydrogen) atoms. The Hall–Kier alpha value is -2.75. The van der Waals surface area contributed by atoms with Gasteiger partial charge in [-0.05, 0) is 0 Å². The second kappa shape index (κ2) is 9.59. The zero-order valence-electron chi connectivity index (χ0n) is 17.6. The summed E-state index contributed by atoms with van der Waals surface area (Å²) in [6, 6.07) is 4.09. The topological polar surface area (TPSA) is 76.0 Å². The van der Waals surface area contributed by atoms with Crippen molar-refractivity contribution in [1.29, 1.82) is 0 Å². The van der Waals surface area contributed by atoms with Gasteiger partial charge in [0.05, 0.1) is 0 Å². The molecule has 0 aliphatic carbocycles. The summed E-state index contributed by atoms with van der Waals surface area (Å²) in [6.07, 6.45) is 9.99. The monoisotopic (exact) mass is 529 g/mol. The number of rotatable bonds is 6. The van der Waals surface area contributed by atoms with E-state index in [0.29, 0.717) is 5.82 Å². The Kier molecular flexibility index (Phi) is 6.64. The normalized spacial score (nSPS) is 15.0. The summed E-state index contributed by atoms with van der Waals surface area (Å²) in [7, 11) is 0. The van der Waals surface area contributed by atoms with Crippen molar-refractivity contribution >= 4 is 22.4 Å². The Labute approximate surface area is 191 Å². The van der Waals surface area contributed by atoms with E-state index in [9.17, 15) is 4.39 Å². The second-order valence-corrected chi connectivity index (χ2v) is 9.02. The number of anilines is 1. The van der Waals surface area contributed by atoms with Crippen LogP contribution in [-0.4, -0.2) is 31.7 Å². The molecule has 1 N–H and O–H groups in total. The first-order chi connectivity index (χ1) is 15.0. The molecule has 0 bridgehead atoms. The van der Waals surface area contributed by atoms with Crippen LogP contribution in [0.3, 0.4) is 0 Å². The fourth-order valence-corrected chi connectivity index (χ4v) is 5.18. The Morgan fingerprint density at radius 1 is 1.10 bits per heavy atom. The molecule has 0 saturated carbocycles. The number of hydrogen-bond donors (Lipinski definition) is 1. The van der Waals surface area contributed by atoms with Crippen molar-refractivity contribution in [3.8, 4) is 11.4 Å². The summed E-state index contributed by atoms with van der Waals surface area (Å²) in [6.45, 7) is 6.28. The number of allylic oxidation sites excluding steroid dienone is 1. The summed E-state index contributed by atoms with van der Waals surface area (Å²) >= 11 is -0.344. The van der Waals surface area contributed by atoms with Crippen molar-refractivity contribution in [2.75, 3.05) is 5.32 Å². The van der Waals surface area contributed by atoms with Gasteiger partial charge in [-0.15, -0.1) is 0 Å². The minimum atomic E-state index is -0.454. The van der Waals surface area contributed by atoms with Crippen LogP contribution in [0.25, 0.3) is 22.3 Å². The zero-order valence-corrected chi connectivity index (χ0v) is 19.8. The summed E-state index contributed by atoms with van der Waals surface area (Å²) in [5, 5.41) is 4.46. The van der Waals surface area contributed by atoms with E-state index >= 15 is 0 Å². The van der Waals surface area contributed by atoms with Crippen LogP contribution in [-0.2, 0) is 6.42 Å². The average Bonchev–Trinajstić information content (AvgIpc) is 2.99. The van der Waals surface area contributed by atoms with E-state index in [1.807, 2.05) is 19.1 Å². The van der Waals surface area contributed by atoms with Gasteiger partial charge in [0, 0.05) is 0 Å². The third-order valence-corrected chi connectivity index (χ3v) is 6.98. The van der Waals surface area contributed by atoms with E-state index in [4.69, 9.17) is 0 Å². The number of nitrogens with zero attached hydrogens (tertiary/aromatic N) is 5. The predicted molar refractivity (Wildman–Crippen MR) is 118 cm³/mol. The van der Waals surface area contributed by atoms with Crippen molar-refractivity contribution in [2.24, 2.45) is 3.21 Å². The number of halogens is 2. The third kappa shape index (κ3) is 4.95. The molecular formula is C23H23FIN6-. The molecule has 160 valence electrons. The van der Waals surface area contributed by atoms with Crippen LogP contribution in [0.4, 0.5) is 10.2 Å². The number of hydrogen-bond acceptors (Lipinski definition) is 6. The van der Waals surface area contributed by atoms with Crippen molar-refractivity contribution in [3.05, 3.63) is 64.0 Å². The van der Waals surface area contributed by atoms with Gasteiger partial charge in [0.1, 0.15) is 0 Å². The van der Waals surface area contributed by atoms with E-state index in [1.54, 1.807) is 6.33 Å². The molecule has 6 nitrogen and oxygen atoms in total. The summed E-state index contributed by atoms with van der Waals surface area (Å²) in [5.74, 6) is 0.785. The average molecular weight is 529 g/mol. The van der Waals surface area contributed by atoms with E-state index in [-0.39, 0.29) is 27.5 Å². The molecule has 2 aromatic heterocycles. The predicted octanol–water partition coefficient (Wildman–Crippen LogP) is 1.90. The summed E-state index contributed by atoms with van der Waals surface area (Å²) < 4.78 is 20.1. The van der Waals surface area contributed by atoms with E-state index in [2.05, 4.69) is 58.5 Å². The van der Waals surface area contributed by atoms with Crippen LogP contribution in [0.15, 0.2) is 55.9 Å². The van der Waals surface area contributed by atoms with E-state index in [0.717, 1.165) is 46.4 Å². The molecule has 1 aromatic carbocycles. The molecule has 0 spiro atoms. The molecule has 0 unspecified atom stereocenters. The molecule has 4 rings (SSSR count). The SMILES string of the molecule is CCCc1cc(-c2ncc(F)cn2)cc2c(N[C@H](C)C3=C[I-]N=C(C)C=C3)ncnc12. The first-order valence-corrected chi connectivity index (χ1v) is 12.3. The van der Waals surface area contributed by atoms with Crippen LogP contribution in [0.2, 0.25) is 0 Å². The Morgan fingerprint density at radius 2 is 1.90 bits per heavy atom. The number of aryl methyl sites for hydroxylation is 1. The molecule has 3 aromatic rings. The van der Waals surface area contributed by atoms with Gasteiger partial charge < -0.3 is 0 Å². The van der Waals surface area contributed by atoms with E-state index < -0.39 is 5.82 Å². The standard InChI is InChI=1S/C23H23FIN6/c1-4-5-16-8-18(22-26-11-19(24)12-27-22)9-20-21(16)28-13-29-23(20)30-15(3)17-7-6-14(2)31-25-10-17/h6-13,15H,4-5H2,1-3H3,(H,28,29,30)/q-1/t15-/m1/s1. The van der Waals surface area contributed by atoms with Crippen LogP contribution in [0, 0.1) is 5.82 Å². The van der Waals surface area contributed by atoms with Crippen molar-refractivity contribution < 1.29 is 25.9 Å². The maximum atomic E-state index is 13.3. The Balaban J connectivity index is 1.76. The first kappa shape index (κ1) is 21.5. The van der Waals surface area contributed by atoms with Gasteiger partial charge in [-0.1, -0.05) is 0 Å². The molecule has 0 saturated heterocycles. The number of nitrogens with one attached hydrogen (secondary N) is 1.